The molecule has 0 aliphatic carbocycles. The van der Waals surface area contributed by atoms with Crippen LogP contribution in [-0.4, -0.2) is 25.8 Å². The van der Waals surface area contributed by atoms with Gasteiger partial charge >= 0.3 is 6.18 Å². The van der Waals surface area contributed by atoms with E-state index in [1.807, 2.05) is 0 Å². The van der Waals surface area contributed by atoms with E-state index in [1.165, 1.54) is 4.90 Å². The summed E-state index contributed by atoms with van der Waals surface area (Å²) in [6, 6.07) is 5.06. The maximum absolute atomic E-state index is 12.5. The Hall–Kier alpha value is -0.940. The molecule has 0 aliphatic heterocycles. The van der Waals surface area contributed by atoms with E-state index < -0.39 is 12.7 Å². The summed E-state index contributed by atoms with van der Waals surface area (Å²) in [6.45, 7) is 4.58. The highest BCUT2D eigenvalue weighted by Gasteiger charge is 2.30. The van der Waals surface area contributed by atoms with E-state index in [0.29, 0.717) is 17.3 Å². The van der Waals surface area contributed by atoms with Crippen molar-refractivity contribution in [2.75, 3.05) is 24.5 Å². The summed E-state index contributed by atoms with van der Waals surface area (Å²) < 4.78 is 37.4. The third kappa shape index (κ3) is 5.59. The highest BCUT2D eigenvalue weighted by Crippen LogP contribution is 2.26. The molecule has 0 amide bonds. The first kappa shape index (κ1) is 17.1. The van der Waals surface area contributed by atoms with E-state index in [0.717, 1.165) is 18.5 Å². The lowest BCUT2D eigenvalue weighted by Crippen LogP contribution is -2.34. The fourth-order valence-electron chi connectivity index (χ4n) is 1.88. The van der Waals surface area contributed by atoms with Gasteiger partial charge in [-0.05, 0) is 37.6 Å². The van der Waals surface area contributed by atoms with Crippen LogP contribution in [-0.2, 0) is 6.54 Å². The van der Waals surface area contributed by atoms with Crippen molar-refractivity contribution in [3.8, 4) is 0 Å². The van der Waals surface area contributed by atoms with Crippen LogP contribution < -0.4 is 10.2 Å². The number of alkyl halides is 3. The molecule has 0 saturated carbocycles. The highest BCUT2D eigenvalue weighted by molar-refractivity contribution is 6.31. The van der Waals surface area contributed by atoms with E-state index in [1.54, 1.807) is 25.1 Å². The lowest BCUT2D eigenvalue weighted by Gasteiger charge is -2.25. The number of nitrogens with zero attached hydrogens (tertiary/aromatic N) is 1. The lowest BCUT2D eigenvalue weighted by atomic mass is 10.2. The van der Waals surface area contributed by atoms with Crippen LogP contribution in [0, 0.1) is 0 Å². The van der Waals surface area contributed by atoms with Gasteiger partial charge in [-0.2, -0.15) is 13.2 Å². The van der Waals surface area contributed by atoms with Crippen molar-refractivity contribution < 1.29 is 13.2 Å². The average Bonchev–Trinajstić information content (AvgIpc) is 2.37. The number of halogens is 4. The average molecular weight is 309 g/mol. The molecule has 0 radical (unpaired) electrons. The molecular formula is C14H20ClF3N2. The third-order valence-electron chi connectivity index (χ3n) is 2.90. The van der Waals surface area contributed by atoms with Gasteiger partial charge in [0, 0.05) is 23.8 Å². The number of anilines is 1. The topological polar surface area (TPSA) is 15.3 Å². The molecule has 1 aromatic rings. The van der Waals surface area contributed by atoms with Gasteiger partial charge in [0.05, 0.1) is 0 Å². The van der Waals surface area contributed by atoms with Crippen LogP contribution in [0.5, 0.6) is 0 Å². The zero-order valence-electron chi connectivity index (χ0n) is 11.7. The number of hydrogen-bond donors (Lipinski definition) is 1. The van der Waals surface area contributed by atoms with Crippen LogP contribution in [0.15, 0.2) is 18.2 Å². The summed E-state index contributed by atoms with van der Waals surface area (Å²) in [5, 5.41) is 3.71. The van der Waals surface area contributed by atoms with Crippen LogP contribution in [0.3, 0.4) is 0 Å². The Bertz CT molecular complexity index is 421. The first-order valence-corrected chi connectivity index (χ1v) is 7.06. The highest BCUT2D eigenvalue weighted by atomic mass is 35.5. The van der Waals surface area contributed by atoms with Gasteiger partial charge in [-0.3, -0.25) is 0 Å². The molecule has 0 bridgehead atoms. The summed E-state index contributed by atoms with van der Waals surface area (Å²) in [6.07, 6.45) is -3.20. The van der Waals surface area contributed by atoms with Crippen molar-refractivity contribution >= 4 is 17.3 Å². The van der Waals surface area contributed by atoms with Crippen molar-refractivity contribution in [2.45, 2.75) is 33.0 Å². The Morgan fingerprint density at radius 1 is 1.25 bits per heavy atom. The number of hydrogen-bond acceptors (Lipinski definition) is 2. The second-order valence-corrected chi connectivity index (χ2v) is 4.99. The van der Waals surface area contributed by atoms with Gasteiger partial charge in [-0.1, -0.05) is 24.6 Å². The first-order chi connectivity index (χ1) is 9.37. The van der Waals surface area contributed by atoms with Gasteiger partial charge in [0.25, 0.3) is 0 Å². The van der Waals surface area contributed by atoms with Gasteiger partial charge in [0.1, 0.15) is 6.54 Å². The molecule has 1 N–H and O–H groups in total. The Kier molecular flexibility index (Phi) is 6.62. The van der Waals surface area contributed by atoms with Crippen LogP contribution in [0.25, 0.3) is 0 Å². The molecule has 0 spiro atoms. The Balaban J connectivity index is 2.78. The zero-order valence-corrected chi connectivity index (χ0v) is 12.5. The van der Waals surface area contributed by atoms with Crippen LogP contribution in [0.2, 0.25) is 5.02 Å². The van der Waals surface area contributed by atoms with Crippen molar-refractivity contribution in [1.82, 2.24) is 5.32 Å². The molecule has 1 rings (SSSR count). The van der Waals surface area contributed by atoms with Crippen LogP contribution in [0.4, 0.5) is 18.9 Å². The predicted octanol–water partition coefficient (Wildman–Crippen LogP) is 4.23. The smallest absolute Gasteiger partial charge is 0.363 e. The van der Waals surface area contributed by atoms with Crippen molar-refractivity contribution in [1.29, 1.82) is 0 Å². The minimum absolute atomic E-state index is 0.281. The monoisotopic (exact) mass is 308 g/mol. The molecule has 0 atom stereocenters. The lowest BCUT2D eigenvalue weighted by molar-refractivity contribution is -0.119. The second-order valence-electron chi connectivity index (χ2n) is 4.58. The number of nitrogens with one attached hydrogen (secondary N) is 1. The van der Waals surface area contributed by atoms with Gasteiger partial charge in [0.15, 0.2) is 0 Å². The molecule has 114 valence electrons. The second kappa shape index (κ2) is 7.74. The molecule has 20 heavy (non-hydrogen) atoms. The summed E-state index contributed by atoms with van der Waals surface area (Å²) in [5.74, 6) is 0. The molecule has 0 heterocycles. The normalized spacial score (nSPS) is 11.7. The molecule has 1 aromatic carbocycles. The quantitative estimate of drug-likeness (QED) is 0.758. The molecule has 0 saturated heterocycles. The van der Waals surface area contributed by atoms with Gasteiger partial charge in [-0.25, -0.2) is 0 Å². The largest absolute Gasteiger partial charge is 0.405 e. The van der Waals surface area contributed by atoms with E-state index in [4.69, 9.17) is 11.6 Å². The molecule has 0 fully saturated rings. The zero-order chi connectivity index (χ0) is 15.2. The number of benzene rings is 1. The fourth-order valence-corrected chi connectivity index (χ4v) is 2.12. The summed E-state index contributed by atoms with van der Waals surface area (Å²) in [5.41, 5.74) is 1.39. The standard InChI is InChI=1S/C14H20ClF3N2/c1-3-7-19-9-11-5-6-12(8-13(11)15)20(4-2)10-14(16,17)18/h5-6,8,19H,3-4,7,9-10H2,1-2H3. The van der Waals surface area contributed by atoms with Gasteiger partial charge < -0.3 is 10.2 Å². The Morgan fingerprint density at radius 3 is 2.45 bits per heavy atom. The minimum atomic E-state index is -4.22. The molecular weight excluding hydrogens is 289 g/mol. The summed E-state index contributed by atoms with van der Waals surface area (Å²) >= 11 is 6.13. The summed E-state index contributed by atoms with van der Waals surface area (Å²) in [7, 11) is 0. The van der Waals surface area contributed by atoms with Crippen molar-refractivity contribution in [3.05, 3.63) is 28.8 Å². The maximum atomic E-state index is 12.5. The van der Waals surface area contributed by atoms with Gasteiger partial charge in [-0.15, -0.1) is 0 Å². The molecule has 6 heteroatoms. The molecule has 2 nitrogen and oxygen atoms in total. The van der Waals surface area contributed by atoms with E-state index in [9.17, 15) is 13.2 Å². The van der Waals surface area contributed by atoms with Crippen LogP contribution in [0.1, 0.15) is 25.8 Å². The Morgan fingerprint density at radius 2 is 1.95 bits per heavy atom. The fraction of sp³-hybridized carbons (Fsp3) is 0.571. The minimum Gasteiger partial charge on any atom is -0.363 e. The van der Waals surface area contributed by atoms with E-state index in [-0.39, 0.29) is 6.54 Å². The third-order valence-corrected chi connectivity index (χ3v) is 3.25. The SMILES string of the molecule is CCCNCc1ccc(N(CC)CC(F)(F)F)cc1Cl. The first-order valence-electron chi connectivity index (χ1n) is 6.68. The molecule has 0 unspecified atom stereocenters. The van der Waals surface area contributed by atoms with Crippen LogP contribution >= 0.6 is 11.6 Å². The predicted molar refractivity (Wildman–Crippen MR) is 77.4 cm³/mol. The van der Waals surface area contributed by atoms with Crippen molar-refractivity contribution in [3.63, 3.8) is 0 Å². The van der Waals surface area contributed by atoms with E-state index >= 15 is 0 Å². The number of rotatable bonds is 7. The Labute approximate surface area is 122 Å². The maximum Gasteiger partial charge on any atom is 0.405 e. The van der Waals surface area contributed by atoms with Gasteiger partial charge in [0.2, 0.25) is 0 Å². The van der Waals surface area contributed by atoms with E-state index in [2.05, 4.69) is 12.2 Å². The molecule has 0 aromatic heterocycles. The molecule has 0 aliphatic rings. The van der Waals surface area contributed by atoms with Crippen molar-refractivity contribution in [2.24, 2.45) is 0 Å². The summed E-state index contributed by atoms with van der Waals surface area (Å²) in [4.78, 5) is 1.26.